The molecule has 14 heavy (non-hydrogen) atoms. The van der Waals surface area contributed by atoms with Crippen molar-refractivity contribution in [1.82, 2.24) is 0 Å². The molecule has 1 aromatic rings. The maximum absolute atomic E-state index is 11.2. The van der Waals surface area contributed by atoms with Crippen LogP contribution >= 0.6 is 0 Å². The number of rotatable bonds is 1. The van der Waals surface area contributed by atoms with Crippen molar-refractivity contribution in [2.24, 2.45) is 4.99 Å². The predicted octanol–water partition coefficient (Wildman–Crippen LogP) is 2.55. The van der Waals surface area contributed by atoms with E-state index in [2.05, 4.69) is 17.1 Å². The van der Waals surface area contributed by atoms with Gasteiger partial charge in [0.2, 0.25) is 0 Å². The number of hydrogen-bond acceptors (Lipinski definition) is 2. The monoisotopic (exact) mass is 187 g/mol. The van der Waals surface area contributed by atoms with Gasteiger partial charge in [0.15, 0.2) is 5.78 Å². The molecule has 1 atom stereocenters. The smallest absolute Gasteiger partial charge is 0.176 e. The molecule has 1 aliphatic rings. The van der Waals surface area contributed by atoms with Crippen LogP contribution in [0.3, 0.4) is 0 Å². The highest BCUT2D eigenvalue weighted by Gasteiger charge is 2.19. The van der Waals surface area contributed by atoms with Crippen LogP contribution in [0, 0.1) is 0 Å². The molecule has 72 valence electrons. The quantitative estimate of drug-likeness (QED) is 0.664. The van der Waals surface area contributed by atoms with Gasteiger partial charge in [0.05, 0.1) is 11.8 Å². The lowest BCUT2D eigenvalue weighted by atomic mass is 9.96. The topological polar surface area (TPSA) is 29.4 Å². The molecular formula is C12H13NO. The first-order valence-electron chi connectivity index (χ1n) is 4.90. The standard InChI is InChI=1S/C12H13NO/c1-9-12(14)8-7-11(13-9)10-5-3-2-4-6-10/h2-6,11H,7-8H2,1H3/t11-/m0/s1. The second-order valence-electron chi connectivity index (χ2n) is 3.60. The van der Waals surface area contributed by atoms with Crippen molar-refractivity contribution in [1.29, 1.82) is 0 Å². The molecule has 0 aliphatic carbocycles. The molecular weight excluding hydrogens is 174 g/mol. The summed E-state index contributed by atoms with van der Waals surface area (Å²) in [5.41, 5.74) is 1.88. The molecule has 0 unspecified atom stereocenters. The molecule has 0 fully saturated rings. The fourth-order valence-electron chi connectivity index (χ4n) is 1.74. The van der Waals surface area contributed by atoms with E-state index >= 15 is 0 Å². The van der Waals surface area contributed by atoms with Gasteiger partial charge >= 0.3 is 0 Å². The third kappa shape index (κ3) is 1.74. The molecule has 2 heteroatoms. The first-order chi connectivity index (χ1) is 6.77. The third-order valence-corrected chi connectivity index (χ3v) is 2.58. The first kappa shape index (κ1) is 9.13. The normalized spacial score (nSPS) is 21.9. The number of benzene rings is 1. The maximum atomic E-state index is 11.2. The SMILES string of the molecule is CC1=N[C@H](c2ccccc2)CCC1=O. The van der Waals surface area contributed by atoms with E-state index in [4.69, 9.17) is 0 Å². The van der Waals surface area contributed by atoms with E-state index in [9.17, 15) is 4.79 Å². The Hall–Kier alpha value is -1.44. The van der Waals surface area contributed by atoms with Gasteiger partial charge in [-0.3, -0.25) is 9.79 Å². The average molecular weight is 187 g/mol. The van der Waals surface area contributed by atoms with Gasteiger partial charge in [0, 0.05) is 6.42 Å². The lowest BCUT2D eigenvalue weighted by Crippen LogP contribution is -2.18. The largest absolute Gasteiger partial charge is 0.293 e. The molecule has 0 N–H and O–H groups in total. The van der Waals surface area contributed by atoms with E-state index in [0.717, 1.165) is 6.42 Å². The van der Waals surface area contributed by atoms with Gasteiger partial charge in [-0.1, -0.05) is 30.3 Å². The van der Waals surface area contributed by atoms with Crippen LogP contribution in [-0.4, -0.2) is 11.5 Å². The van der Waals surface area contributed by atoms with E-state index in [0.29, 0.717) is 12.1 Å². The first-order valence-corrected chi connectivity index (χ1v) is 4.90. The molecule has 2 nitrogen and oxygen atoms in total. The van der Waals surface area contributed by atoms with Gasteiger partial charge in [0.1, 0.15) is 0 Å². The summed E-state index contributed by atoms with van der Waals surface area (Å²) in [6.07, 6.45) is 1.48. The molecule has 0 amide bonds. The minimum Gasteiger partial charge on any atom is -0.293 e. The molecule has 2 rings (SSSR count). The Morgan fingerprint density at radius 3 is 2.64 bits per heavy atom. The minimum atomic E-state index is 0.189. The van der Waals surface area contributed by atoms with E-state index in [-0.39, 0.29) is 11.8 Å². The van der Waals surface area contributed by atoms with Crippen LogP contribution in [0.5, 0.6) is 0 Å². The van der Waals surface area contributed by atoms with Crippen LogP contribution in [0.25, 0.3) is 0 Å². The van der Waals surface area contributed by atoms with Crippen LogP contribution in [-0.2, 0) is 4.79 Å². The number of aliphatic imine (C=N–C) groups is 1. The molecule has 0 saturated heterocycles. The summed E-state index contributed by atoms with van der Waals surface area (Å²) >= 11 is 0. The Kier molecular flexibility index (Phi) is 2.44. The number of nitrogens with zero attached hydrogens (tertiary/aromatic N) is 1. The van der Waals surface area contributed by atoms with Gasteiger partial charge < -0.3 is 0 Å². The summed E-state index contributed by atoms with van der Waals surface area (Å²) in [7, 11) is 0. The molecule has 0 bridgehead atoms. The number of Topliss-reactive ketones (excluding diaryl/α,β-unsaturated/α-hetero) is 1. The van der Waals surface area contributed by atoms with Crippen LogP contribution < -0.4 is 0 Å². The number of hydrogen-bond donors (Lipinski definition) is 0. The maximum Gasteiger partial charge on any atom is 0.176 e. The van der Waals surface area contributed by atoms with E-state index in [1.54, 1.807) is 6.92 Å². The third-order valence-electron chi connectivity index (χ3n) is 2.58. The summed E-state index contributed by atoms with van der Waals surface area (Å²) in [6, 6.07) is 10.3. The molecule has 1 aromatic carbocycles. The summed E-state index contributed by atoms with van der Waals surface area (Å²) < 4.78 is 0. The van der Waals surface area contributed by atoms with Crippen molar-refractivity contribution in [2.45, 2.75) is 25.8 Å². The fourth-order valence-corrected chi connectivity index (χ4v) is 1.74. The summed E-state index contributed by atoms with van der Waals surface area (Å²) in [5.74, 6) is 0.192. The fraction of sp³-hybridized carbons (Fsp3) is 0.333. The van der Waals surface area contributed by atoms with Gasteiger partial charge in [-0.2, -0.15) is 0 Å². The van der Waals surface area contributed by atoms with Gasteiger partial charge in [-0.15, -0.1) is 0 Å². The van der Waals surface area contributed by atoms with E-state index in [1.807, 2.05) is 18.2 Å². The van der Waals surface area contributed by atoms with E-state index < -0.39 is 0 Å². The van der Waals surface area contributed by atoms with Crippen molar-refractivity contribution >= 4 is 11.5 Å². The Morgan fingerprint density at radius 1 is 1.29 bits per heavy atom. The van der Waals surface area contributed by atoms with Crippen molar-refractivity contribution in [3.63, 3.8) is 0 Å². The predicted molar refractivity (Wildman–Crippen MR) is 56.5 cm³/mol. The minimum absolute atomic E-state index is 0.189. The van der Waals surface area contributed by atoms with Crippen molar-refractivity contribution in [2.75, 3.05) is 0 Å². The summed E-state index contributed by atoms with van der Waals surface area (Å²) in [6.45, 7) is 1.80. The molecule has 1 aliphatic heterocycles. The van der Waals surface area contributed by atoms with Crippen LogP contribution in [0.4, 0.5) is 0 Å². The molecule has 1 heterocycles. The van der Waals surface area contributed by atoms with Crippen molar-refractivity contribution < 1.29 is 4.79 Å². The van der Waals surface area contributed by atoms with Crippen LogP contribution in [0.2, 0.25) is 0 Å². The van der Waals surface area contributed by atoms with Crippen LogP contribution in [0.15, 0.2) is 35.3 Å². The second-order valence-corrected chi connectivity index (χ2v) is 3.60. The van der Waals surface area contributed by atoms with Crippen molar-refractivity contribution in [3.05, 3.63) is 35.9 Å². The second kappa shape index (κ2) is 3.74. The Bertz CT molecular complexity index is 367. The molecule has 0 saturated carbocycles. The lowest BCUT2D eigenvalue weighted by molar-refractivity contribution is -0.113. The number of carbonyl (C=O) groups is 1. The zero-order valence-corrected chi connectivity index (χ0v) is 8.23. The highest BCUT2D eigenvalue weighted by Crippen LogP contribution is 2.26. The number of ketones is 1. The summed E-state index contributed by atoms with van der Waals surface area (Å²) in [5, 5.41) is 0. The zero-order valence-electron chi connectivity index (χ0n) is 8.23. The van der Waals surface area contributed by atoms with Crippen LogP contribution in [0.1, 0.15) is 31.4 Å². The lowest BCUT2D eigenvalue weighted by Gasteiger charge is -2.18. The highest BCUT2D eigenvalue weighted by molar-refractivity contribution is 6.39. The Labute approximate surface area is 83.7 Å². The Balaban J connectivity index is 2.26. The van der Waals surface area contributed by atoms with Gasteiger partial charge in [-0.05, 0) is 18.9 Å². The van der Waals surface area contributed by atoms with Gasteiger partial charge in [0.25, 0.3) is 0 Å². The molecule has 0 aromatic heterocycles. The molecule has 0 spiro atoms. The van der Waals surface area contributed by atoms with Crippen molar-refractivity contribution in [3.8, 4) is 0 Å². The van der Waals surface area contributed by atoms with Gasteiger partial charge in [-0.25, -0.2) is 0 Å². The summed E-state index contributed by atoms with van der Waals surface area (Å²) in [4.78, 5) is 15.6. The average Bonchev–Trinajstić information content (AvgIpc) is 2.23. The molecule has 0 radical (unpaired) electrons. The highest BCUT2D eigenvalue weighted by atomic mass is 16.1. The van der Waals surface area contributed by atoms with E-state index in [1.165, 1.54) is 5.56 Å². The Morgan fingerprint density at radius 2 is 2.00 bits per heavy atom. The zero-order chi connectivity index (χ0) is 9.97. The number of carbonyl (C=O) groups excluding carboxylic acids is 1.